The van der Waals surface area contributed by atoms with Gasteiger partial charge in [-0.05, 0) is 13.8 Å². The van der Waals surface area contributed by atoms with Crippen LogP contribution in [0.25, 0.3) is 0 Å². The molecule has 2 fully saturated rings. The summed E-state index contributed by atoms with van der Waals surface area (Å²) in [6, 6.07) is 0.712. The fourth-order valence-corrected chi connectivity index (χ4v) is 2.22. The van der Waals surface area contributed by atoms with Crippen LogP contribution in [-0.2, 0) is 4.74 Å². The van der Waals surface area contributed by atoms with Crippen LogP contribution in [0.15, 0.2) is 0 Å². The van der Waals surface area contributed by atoms with Gasteiger partial charge >= 0.3 is 0 Å². The Kier molecular flexibility index (Phi) is 10.7. The van der Waals surface area contributed by atoms with Crippen LogP contribution >= 0.6 is 0 Å². The van der Waals surface area contributed by atoms with Gasteiger partial charge < -0.3 is 9.64 Å². The average molecular weight is 258 g/mol. The van der Waals surface area contributed by atoms with E-state index >= 15 is 0 Å². The highest BCUT2D eigenvalue weighted by molar-refractivity contribution is 4.77. The summed E-state index contributed by atoms with van der Waals surface area (Å²) in [5.74, 6) is 0.820. The molecule has 0 radical (unpaired) electrons. The molecule has 0 aromatic rings. The van der Waals surface area contributed by atoms with E-state index < -0.39 is 0 Å². The first-order valence-electron chi connectivity index (χ1n) is 7.80. The minimum Gasteiger partial charge on any atom is -0.381 e. The Morgan fingerprint density at radius 3 is 1.78 bits per heavy atom. The van der Waals surface area contributed by atoms with Gasteiger partial charge in [-0.1, -0.05) is 27.7 Å². The molecule has 0 amide bonds. The molecule has 0 bridgehead atoms. The molecule has 3 heteroatoms. The van der Waals surface area contributed by atoms with Crippen molar-refractivity contribution in [2.24, 2.45) is 5.92 Å². The Bertz CT molecular complexity index is 173. The lowest BCUT2D eigenvalue weighted by Crippen LogP contribution is -2.51. The minimum absolute atomic E-state index is 0.712. The SMILES string of the molecule is CC.CC.CC(C)N1CCN(CC2COC2)CC1. The van der Waals surface area contributed by atoms with Gasteiger partial charge in [0.1, 0.15) is 0 Å². The first-order chi connectivity index (χ1) is 8.75. The summed E-state index contributed by atoms with van der Waals surface area (Å²) < 4.78 is 5.20. The molecule has 3 nitrogen and oxygen atoms in total. The lowest BCUT2D eigenvalue weighted by molar-refractivity contribution is -0.0519. The summed E-state index contributed by atoms with van der Waals surface area (Å²) >= 11 is 0. The Labute approximate surface area is 114 Å². The van der Waals surface area contributed by atoms with Crippen LogP contribution in [0.3, 0.4) is 0 Å². The number of hydrogen-bond donors (Lipinski definition) is 0. The van der Waals surface area contributed by atoms with Gasteiger partial charge in [-0.15, -0.1) is 0 Å². The van der Waals surface area contributed by atoms with Crippen LogP contribution in [0, 0.1) is 5.92 Å². The molecule has 2 aliphatic rings. The van der Waals surface area contributed by atoms with E-state index in [0.29, 0.717) is 6.04 Å². The first-order valence-corrected chi connectivity index (χ1v) is 7.80. The third-order valence-electron chi connectivity index (χ3n) is 3.36. The van der Waals surface area contributed by atoms with Crippen LogP contribution in [0.4, 0.5) is 0 Å². The molecular formula is C15H34N2O. The van der Waals surface area contributed by atoms with E-state index in [-0.39, 0.29) is 0 Å². The van der Waals surface area contributed by atoms with Crippen LogP contribution in [-0.4, -0.2) is 61.8 Å². The van der Waals surface area contributed by atoms with E-state index in [1.807, 2.05) is 27.7 Å². The van der Waals surface area contributed by atoms with Gasteiger partial charge in [0.05, 0.1) is 13.2 Å². The van der Waals surface area contributed by atoms with Crippen molar-refractivity contribution in [1.82, 2.24) is 9.80 Å². The van der Waals surface area contributed by atoms with Crippen molar-refractivity contribution in [1.29, 1.82) is 0 Å². The van der Waals surface area contributed by atoms with E-state index in [1.54, 1.807) is 0 Å². The summed E-state index contributed by atoms with van der Waals surface area (Å²) in [4.78, 5) is 5.15. The summed E-state index contributed by atoms with van der Waals surface area (Å²) in [5, 5.41) is 0. The maximum Gasteiger partial charge on any atom is 0.0528 e. The standard InChI is InChI=1S/C11H22N2O.2C2H6/c1-10(2)13-5-3-12(4-6-13)7-11-8-14-9-11;2*1-2/h10-11H,3-9H2,1-2H3;2*1-2H3. The Hall–Kier alpha value is -0.120. The third kappa shape index (κ3) is 6.17. The van der Waals surface area contributed by atoms with Crippen molar-refractivity contribution in [2.75, 3.05) is 45.9 Å². The first kappa shape index (κ1) is 17.9. The normalized spacial score (nSPS) is 21.5. The van der Waals surface area contributed by atoms with Crippen molar-refractivity contribution in [3.63, 3.8) is 0 Å². The van der Waals surface area contributed by atoms with Crippen molar-refractivity contribution >= 4 is 0 Å². The second kappa shape index (κ2) is 10.8. The molecule has 2 heterocycles. The molecule has 0 unspecified atom stereocenters. The molecule has 0 aromatic carbocycles. The fraction of sp³-hybridized carbons (Fsp3) is 1.00. The van der Waals surface area contributed by atoms with Crippen molar-refractivity contribution in [3.05, 3.63) is 0 Å². The molecule has 2 rings (SSSR count). The second-order valence-electron chi connectivity index (χ2n) is 4.83. The molecule has 0 aliphatic carbocycles. The molecule has 0 saturated carbocycles. The highest BCUT2D eigenvalue weighted by Crippen LogP contribution is 2.13. The van der Waals surface area contributed by atoms with Gasteiger partial charge in [0, 0.05) is 44.7 Å². The Morgan fingerprint density at radius 2 is 1.44 bits per heavy atom. The quantitative estimate of drug-likeness (QED) is 0.774. The van der Waals surface area contributed by atoms with Gasteiger partial charge in [-0.2, -0.15) is 0 Å². The lowest BCUT2D eigenvalue weighted by Gasteiger charge is -2.39. The predicted molar refractivity (Wildman–Crippen MR) is 80.2 cm³/mol. The van der Waals surface area contributed by atoms with E-state index in [0.717, 1.165) is 19.1 Å². The zero-order chi connectivity index (χ0) is 14.0. The molecule has 110 valence electrons. The monoisotopic (exact) mass is 258 g/mol. The second-order valence-corrected chi connectivity index (χ2v) is 4.83. The van der Waals surface area contributed by atoms with Gasteiger partial charge in [-0.3, -0.25) is 4.90 Å². The molecule has 18 heavy (non-hydrogen) atoms. The molecule has 2 aliphatic heterocycles. The van der Waals surface area contributed by atoms with Crippen LogP contribution in [0.1, 0.15) is 41.5 Å². The fourth-order valence-electron chi connectivity index (χ4n) is 2.22. The highest BCUT2D eigenvalue weighted by atomic mass is 16.5. The lowest BCUT2D eigenvalue weighted by atomic mass is 10.1. The number of rotatable bonds is 3. The topological polar surface area (TPSA) is 15.7 Å². The van der Waals surface area contributed by atoms with Crippen LogP contribution in [0.2, 0.25) is 0 Å². The smallest absolute Gasteiger partial charge is 0.0528 e. The largest absolute Gasteiger partial charge is 0.381 e. The zero-order valence-corrected chi connectivity index (χ0v) is 13.4. The van der Waals surface area contributed by atoms with Crippen molar-refractivity contribution in [3.8, 4) is 0 Å². The predicted octanol–water partition coefficient (Wildman–Crippen LogP) is 2.71. The van der Waals surface area contributed by atoms with Gasteiger partial charge in [-0.25, -0.2) is 0 Å². The maximum atomic E-state index is 5.20. The molecule has 0 aromatic heterocycles. The van der Waals surface area contributed by atoms with Crippen molar-refractivity contribution < 1.29 is 4.74 Å². The van der Waals surface area contributed by atoms with Crippen LogP contribution < -0.4 is 0 Å². The van der Waals surface area contributed by atoms with Crippen molar-refractivity contribution in [2.45, 2.75) is 47.6 Å². The van der Waals surface area contributed by atoms with Gasteiger partial charge in [0.15, 0.2) is 0 Å². The molecule has 0 N–H and O–H groups in total. The van der Waals surface area contributed by atoms with E-state index in [1.165, 1.54) is 32.7 Å². The number of piperazine rings is 1. The maximum absolute atomic E-state index is 5.20. The van der Waals surface area contributed by atoms with E-state index in [9.17, 15) is 0 Å². The summed E-state index contributed by atoms with van der Waals surface area (Å²) in [6.07, 6.45) is 0. The molecular weight excluding hydrogens is 224 g/mol. The number of ether oxygens (including phenoxy) is 1. The summed E-state index contributed by atoms with van der Waals surface area (Å²) in [6.45, 7) is 20.8. The molecule has 0 atom stereocenters. The van der Waals surface area contributed by atoms with Gasteiger partial charge in [0.25, 0.3) is 0 Å². The summed E-state index contributed by atoms with van der Waals surface area (Å²) in [7, 11) is 0. The van der Waals surface area contributed by atoms with Crippen LogP contribution in [0.5, 0.6) is 0 Å². The average Bonchev–Trinajstić information content (AvgIpc) is 2.39. The van der Waals surface area contributed by atoms with E-state index in [2.05, 4.69) is 23.6 Å². The molecule has 0 spiro atoms. The van der Waals surface area contributed by atoms with E-state index in [4.69, 9.17) is 4.74 Å². The zero-order valence-electron chi connectivity index (χ0n) is 13.4. The third-order valence-corrected chi connectivity index (χ3v) is 3.36. The minimum atomic E-state index is 0.712. The number of nitrogens with zero attached hydrogens (tertiary/aromatic N) is 2. The molecule has 2 saturated heterocycles. The van der Waals surface area contributed by atoms with Gasteiger partial charge in [0.2, 0.25) is 0 Å². The highest BCUT2D eigenvalue weighted by Gasteiger charge is 2.24. The Morgan fingerprint density at radius 1 is 0.944 bits per heavy atom. The number of hydrogen-bond acceptors (Lipinski definition) is 3. The Balaban J connectivity index is 0.000000659. The summed E-state index contributed by atoms with van der Waals surface area (Å²) in [5.41, 5.74) is 0.